The van der Waals surface area contributed by atoms with E-state index in [4.69, 9.17) is 4.74 Å². The van der Waals surface area contributed by atoms with Gasteiger partial charge in [0.15, 0.2) is 5.60 Å². The van der Waals surface area contributed by atoms with Gasteiger partial charge in [-0.15, -0.1) is 0 Å². The molecule has 0 aromatic heterocycles. The summed E-state index contributed by atoms with van der Waals surface area (Å²) in [4.78, 5) is 13.3. The molecule has 0 aliphatic carbocycles. The summed E-state index contributed by atoms with van der Waals surface area (Å²) in [7, 11) is 0. The maximum atomic E-state index is 11.0. The predicted molar refractivity (Wildman–Crippen MR) is 68.5 cm³/mol. The average molecular weight is 237 g/mol. The van der Waals surface area contributed by atoms with Gasteiger partial charge in [-0.3, -0.25) is 9.69 Å². The molecular formula is C14H23NO2. The van der Waals surface area contributed by atoms with E-state index < -0.39 is 5.60 Å². The van der Waals surface area contributed by atoms with E-state index in [0.717, 1.165) is 26.1 Å². The number of piperidine rings is 1. The van der Waals surface area contributed by atoms with Crippen LogP contribution in [-0.2, 0) is 9.53 Å². The van der Waals surface area contributed by atoms with Crippen LogP contribution in [0.25, 0.3) is 0 Å². The van der Waals surface area contributed by atoms with Gasteiger partial charge >= 0.3 is 5.97 Å². The van der Waals surface area contributed by atoms with Gasteiger partial charge in [-0.1, -0.05) is 25.2 Å². The number of likely N-dealkylation sites (tertiary alicyclic amines) is 1. The number of carbonyl (C=O) groups is 1. The molecule has 17 heavy (non-hydrogen) atoms. The van der Waals surface area contributed by atoms with Gasteiger partial charge in [0.1, 0.15) is 0 Å². The topological polar surface area (TPSA) is 29.5 Å². The van der Waals surface area contributed by atoms with Crippen molar-refractivity contribution in [3.8, 4) is 11.8 Å². The third-order valence-corrected chi connectivity index (χ3v) is 3.15. The first kappa shape index (κ1) is 14.1. The van der Waals surface area contributed by atoms with Crippen LogP contribution < -0.4 is 0 Å². The summed E-state index contributed by atoms with van der Waals surface area (Å²) in [6.07, 6.45) is 4.61. The third-order valence-electron chi connectivity index (χ3n) is 3.15. The second-order valence-corrected chi connectivity index (χ2v) is 4.82. The Hall–Kier alpha value is -1.01. The van der Waals surface area contributed by atoms with Crippen LogP contribution in [0.5, 0.6) is 0 Å². The number of hydrogen-bond donors (Lipinski definition) is 0. The lowest BCUT2D eigenvalue weighted by atomic mass is 10.0. The van der Waals surface area contributed by atoms with Crippen molar-refractivity contribution in [3.63, 3.8) is 0 Å². The largest absolute Gasteiger partial charge is 0.446 e. The molecule has 0 saturated carbocycles. The standard InChI is InChI=1S/C14H23NO2/c1-4-14(3,17-13(2)16)9-8-12-15-10-6-5-7-11-15/h4-7,10-12H2,1-3H3/t14-/m1/s1. The monoisotopic (exact) mass is 237 g/mol. The van der Waals surface area contributed by atoms with E-state index >= 15 is 0 Å². The van der Waals surface area contributed by atoms with E-state index in [-0.39, 0.29) is 5.97 Å². The Labute approximate surface area is 105 Å². The highest BCUT2D eigenvalue weighted by Gasteiger charge is 2.22. The summed E-state index contributed by atoms with van der Waals surface area (Å²) in [5.41, 5.74) is -0.623. The molecule has 1 heterocycles. The molecule has 0 N–H and O–H groups in total. The number of carbonyl (C=O) groups excluding carboxylic acids is 1. The predicted octanol–water partition coefficient (Wildman–Crippen LogP) is 2.21. The maximum absolute atomic E-state index is 11.0. The Morgan fingerprint density at radius 2 is 2.00 bits per heavy atom. The Balaban J connectivity index is 2.46. The van der Waals surface area contributed by atoms with Gasteiger partial charge in [0.25, 0.3) is 0 Å². The van der Waals surface area contributed by atoms with Crippen LogP contribution in [-0.4, -0.2) is 36.1 Å². The summed E-state index contributed by atoms with van der Waals surface area (Å²) >= 11 is 0. The molecule has 1 saturated heterocycles. The van der Waals surface area contributed by atoms with E-state index in [2.05, 4.69) is 16.7 Å². The molecule has 1 atom stereocenters. The normalized spacial score (nSPS) is 19.9. The van der Waals surface area contributed by atoms with Crippen LogP contribution in [0.15, 0.2) is 0 Å². The first-order chi connectivity index (χ1) is 8.06. The molecule has 0 aromatic carbocycles. The molecule has 1 aliphatic rings. The first-order valence-corrected chi connectivity index (χ1v) is 6.48. The molecule has 1 rings (SSSR count). The van der Waals surface area contributed by atoms with Crippen molar-refractivity contribution < 1.29 is 9.53 Å². The molecular weight excluding hydrogens is 214 g/mol. The zero-order valence-electron chi connectivity index (χ0n) is 11.2. The van der Waals surface area contributed by atoms with Crippen molar-refractivity contribution in [3.05, 3.63) is 0 Å². The Kier molecular flexibility index (Phi) is 5.50. The molecule has 0 amide bonds. The summed E-state index contributed by atoms with van der Waals surface area (Å²) in [6, 6.07) is 0. The highest BCUT2D eigenvalue weighted by molar-refractivity contribution is 5.67. The van der Waals surface area contributed by atoms with Gasteiger partial charge in [-0.05, 0) is 39.3 Å². The lowest BCUT2D eigenvalue weighted by molar-refractivity contribution is -0.150. The highest BCUT2D eigenvalue weighted by atomic mass is 16.6. The molecule has 0 aromatic rings. The van der Waals surface area contributed by atoms with Crippen LogP contribution in [0.3, 0.4) is 0 Å². The lowest BCUT2D eigenvalue weighted by Crippen LogP contribution is -2.31. The zero-order chi connectivity index (χ0) is 12.7. The fourth-order valence-electron chi connectivity index (χ4n) is 1.96. The SMILES string of the molecule is CC[C@](C)(C#CCN1CCCCC1)OC(C)=O. The van der Waals surface area contributed by atoms with Gasteiger partial charge in [0, 0.05) is 6.92 Å². The molecule has 0 bridgehead atoms. The zero-order valence-corrected chi connectivity index (χ0v) is 11.2. The lowest BCUT2D eigenvalue weighted by Gasteiger charge is -2.25. The minimum atomic E-state index is -0.623. The third kappa shape index (κ3) is 5.23. The van der Waals surface area contributed by atoms with Crippen LogP contribution >= 0.6 is 0 Å². The summed E-state index contributed by atoms with van der Waals surface area (Å²) in [5, 5.41) is 0. The number of nitrogens with zero attached hydrogens (tertiary/aromatic N) is 1. The second-order valence-electron chi connectivity index (χ2n) is 4.82. The summed E-state index contributed by atoms with van der Waals surface area (Å²) < 4.78 is 5.25. The second kappa shape index (κ2) is 6.66. The van der Waals surface area contributed by atoms with Gasteiger partial charge in [-0.25, -0.2) is 0 Å². The summed E-state index contributed by atoms with van der Waals surface area (Å²) in [6.45, 7) is 8.36. The molecule has 96 valence electrons. The van der Waals surface area contributed by atoms with Crippen molar-refractivity contribution in [1.82, 2.24) is 4.90 Å². The fourth-order valence-corrected chi connectivity index (χ4v) is 1.96. The van der Waals surface area contributed by atoms with Crippen molar-refractivity contribution in [2.75, 3.05) is 19.6 Å². The quantitative estimate of drug-likeness (QED) is 0.557. The summed E-state index contributed by atoms with van der Waals surface area (Å²) in [5.74, 6) is 5.98. The smallest absolute Gasteiger partial charge is 0.304 e. The van der Waals surface area contributed by atoms with Gasteiger partial charge in [0.2, 0.25) is 0 Å². The van der Waals surface area contributed by atoms with E-state index in [1.54, 1.807) is 0 Å². The minimum Gasteiger partial charge on any atom is -0.446 e. The molecule has 1 aliphatic heterocycles. The number of rotatable bonds is 3. The molecule has 3 nitrogen and oxygen atoms in total. The van der Waals surface area contributed by atoms with Crippen molar-refractivity contribution in [2.45, 2.75) is 52.1 Å². The Morgan fingerprint density at radius 1 is 1.35 bits per heavy atom. The van der Waals surface area contributed by atoms with Crippen LogP contribution in [0.4, 0.5) is 0 Å². The molecule has 3 heteroatoms. The van der Waals surface area contributed by atoms with Gasteiger partial charge in [-0.2, -0.15) is 0 Å². The average Bonchev–Trinajstić information content (AvgIpc) is 2.29. The molecule has 0 radical (unpaired) electrons. The highest BCUT2D eigenvalue weighted by Crippen LogP contribution is 2.14. The number of hydrogen-bond acceptors (Lipinski definition) is 3. The van der Waals surface area contributed by atoms with Crippen molar-refractivity contribution in [2.24, 2.45) is 0 Å². The van der Waals surface area contributed by atoms with Crippen LogP contribution in [0.2, 0.25) is 0 Å². The van der Waals surface area contributed by atoms with Gasteiger partial charge < -0.3 is 4.74 Å². The van der Waals surface area contributed by atoms with Crippen molar-refractivity contribution in [1.29, 1.82) is 0 Å². The molecule has 0 unspecified atom stereocenters. The van der Waals surface area contributed by atoms with Crippen LogP contribution in [0.1, 0.15) is 46.5 Å². The Bertz CT molecular complexity index is 310. The van der Waals surface area contributed by atoms with E-state index in [0.29, 0.717) is 0 Å². The maximum Gasteiger partial charge on any atom is 0.304 e. The Morgan fingerprint density at radius 3 is 2.53 bits per heavy atom. The van der Waals surface area contributed by atoms with E-state index in [1.807, 2.05) is 13.8 Å². The van der Waals surface area contributed by atoms with Gasteiger partial charge in [0.05, 0.1) is 6.54 Å². The van der Waals surface area contributed by atoms with Crippen molar-refractivity contribution >= 4 is 5.97 Å². The molecule has 0 spiro atoms. The number of esters is 1. The van der Waals surface area contributed by atoms with E-state index in [1.165, 1.54) is 26.2 Å². The number of ether oxygens (including phenoxy) is 1. The molecule has 1 fully saturated rings. The fraction of sp³-hybridized carbons (Fsp3) is 0.786. The first-order valence-electron chi connectivity index (χ1n) is 6.48. The minimum absolute atomic E-state index is 0.262. The van der Waals surface area contributed by atoms with Crippen LogP contribution in [0, 0.1) is 11.8 Å². The van der Waals surface area contributed by atoms with E-state index in [9.17, 15) is 4.79 Å².